The number of likely N-dealkylation sites (tertiary alicyclic amines) is 2. The maximum absolute atomic E-state index is 9.30. The molecule has 1 N–H and O–H groups in total. The van der Waals surface area contributed by atoms with Crippen molar-refractivity contribution in [3.8, 4) is 0 Å². The Balaban J connectivity index is 0.000000171. The number of halogens is 1. The lowest BCUT2D eigenvalue weighted by atomic mass is 10.0. The van der Waals surface area contributed by atoms with Gasteiger partial charge in [0.15, 0.2) is 0 Å². The molecule has 4 rings (SSSR count). The van der Waals surface area contributed by atoms with Crippen LogP contribution in [0.5, 0.6) is 0 Å². The van der Waals surface area contributed by atoms with Gasteiger partial charge in [0, 0.05) is 30.5 Å². The van der Waals surface area contributed by atoms with Gasteiger partial charge in [0.05, 0.1) is 6.61 Å². The van der Waals surface area contributed by atoms with E-state index in [1.54, 1.807) is 0 Å². The van der Waals surface area contributed by atoms with Crippen molar-refractivity contribution in [2.45, 2.75) is 63.7 Å². The predicted octanol–water partition coefficient (Wildman–Crippen LogP) is 5.47. The fourth-order valence-corrected chi connectivity index (χ4v) is 5.29. The highest BCUT2D eigenvalue weighted by molar-refractivity contribution is 9.09. The van der Waals surface area contributed by atoms with Crippen LogP contribution in [0.4, 0.5) is 0 Å². The summed E-state index contributed by atoms with van der Waals surface area (Å²) >= 11 is 3.62. The summed E-state index contributed by atoms with van der Waals surface area (Å²) in [5.74, 6) is 0. The van der Waals surface area contributed by atoms with E-state index in [1.165, 1.54) is 49.8 Å². The molecule has 0 spiro atoms. The lowest BCUT2D eigenvalue weighted by Gasteiger charge is -2.34. The van der Waals surface area contributed by atoms with E-state index in [-0.39, 0.29) is 0 Å². The molecule has 2 atom stereocenters. The Labute approximate surface area is 191 Å². The number of piperidine rings is 2. The highest BCUT2D eigenvalue weighted by atomic mass is 79.9. The van der Waals surface area contributed by atoms with E-state index in [9.17, 15) is 5.11 Å². The Kier molecular flexibility index (Phi) is 10.4. The Morgan fingerprint density at radius 1 is 0.700 bits per heavy atom. The minimum absolute atomic E-state index is 0.298. The second kappa shape index (κ2) is 13.3. The number of nitrogens with zero attached hydrogens (tertiary/aromatic N) is 2. The van der Waals surface area contributed by atoms with Gasteiger partial charge >= 0.3 is 0 Å². The predicted molar refractivity (Wildman–Crippen MR) is 130 cm³/mol. The van der Waals surface area contributed by atoms with Crippen LogP contribution in [0.25, 0.3) is 0 Å². The summed E-state index contributed by atoms with van der Waals surface area (Å²) in [7, 11) is 0. The number of aliphatic hydroxyl groups excluding tert-OH is 1. The number of hydrogen-bond acceptors (Lipinski definition) is 3. The van der Waals surface area contributed by atoms with Gasteiger partial charge in [-0.1, -0.05) is 89.4 Å². The monoisotopic (exact) mass is 472 g/mol. The first-order valence-corrected chi connectivity index (χ1v) is 12.6. The highest BCUT2D eigenvalue weighted by Gasteiger charge is 2.22. The summed E-state index contributed by atoms with van der Waals surface area (Å²) in [6, 6.07) is 22.4. The molecule has 2 heterocycles. The van der Waals surface area contributed by atoms with E-state index < -0.39 is 0 Å². The van der Waals surface area contributed by atoms with Crippen LogP contribution in [0.2, 0.25) is 0 Å². The van der Waals surface area contributed by atoms with Crippen LogP contribution in [0.3, 0.4) is 0 Å². The van der Waals surface area contributed by atoms with Crippen molar-refractivity contribution in [3.05, 3.63) is 71.8 Å². The zero-order chi connectivity index (χ0) is 21.0. The van der Waals surface area contributed by atoms with E-state index in [0.717, 1.165) is 37.4 Å². The second-order valence-corrected chi connectivity index (χ2v) is 9.20. The molecular weight excluding hydrogens is 436 g/mol. The number of aliphatic hydroxyl groups is 1. The maximum Gasteiger partial charge on any atom is 0.0586 e. The molecule has 2 aromatic carbocycles. The minimum atomic E-state index is 0.298. The third-order valence-electron chi connectivity index (χ3n) is 6.34. The molecule has 2 aliphatic heterocycles. The van der Waals surface area contributed by atoms with Crippen molar-refractivity contribution in [2.24, 2.45) is 0 Å². The van der Waals surface area contributed by atoms with Crippen LogP contribution in [0.15, 0.2) is 60.7 Å². The van der Waals surface area contributed by atoms with Gasteiger partial charge in [-0.05, 0) is 49.9 Å². The van der Waals surface area contributed by atoms with Crippen molar-refractivity contribution in [1.82, 2.24) is 9.80 Å². The molecular formula is C26H37BrN2O. The molecule has 4 heteroatoms. The van der Waals surface area contributed by atoms with Crippen molar-refractivity contribution in [2.75, 3.05) is 25.0 Å². The van der Waals surface area contributed by atoms with Crippen LogP contribution in [0.1, 0.15) is 49.7 Å². The zero-order valence-corrected chi connectivity index (χ0v) is 19.7. The molecule has 2 unspecified atom stereocenters. The Morgan fingerprint density at radius 2 is 1.17 bits per heavy atom. The molecule has 2 saturated heterocycles. The molecule has 0 aromatic heterocycles. The second-order valence-electron chi connectivity index (χ2n) is 8.55. The van der Waals surface area contributed by atoms with Gasteiger partial charge in [-0.15, -0.1) is 0 Å². The van der Waals surface area contributed by atoms with E-state index in [4.69, 9.17) is 0 Å². The van der Waals surface area contributed by atoms with Crippen molar-refractivity contribution in [3.63, 3.8) is 0 Å². The highest BCUT2D eigenvalue weighted by Crippen LogP contribution is 2.21. The quantitative estimate of drug-likeness (QED) is 0.564. The largest absolute Gasteiger partial charge is 0.395 e. The molecule has 0 radical (unpaired) electrons. The molecule has 164 valence electrons. The molecule has 0 saturated carbocycles. The summed E-state index contributed by atoms with van der Waals surface area (Å²) in [5, 5.41) is 10.4. The average Bonchev–Trinajstić information content (AvgIpc) is 2.82. The van der Waals surface area contributed by atoms with Crippen LogP contribution in [-0.2, 0) is 13.1 Å². The standard InChI is InChI=1S/C13H18BrN.C13H19NO/c14-10-13-8-4-5-9-15(13)11-12-6-2-1-3-7-12;15-11-13-8-4-5-9-14(13)10-12-6-2-1-3-7-12/h1-3,6-7,13H,4-5,8-11H2;1-3,6-7,13,15H,4-5,8-11H2. The van der Waals surface area contributed by atoms with Crippen molar-refractivity contribution >= 4 is 15.9 Å². The van der Waals surface area contributed by atoms with Gasteiger partial charge < -0.3 is 5.11 Å². The SMILES string of the molecule is BrCC1CCCCN1Cc1ccccc1.OCC1CCCCN1Cc1ccccc1. The zero-order valence-electron chi connectivity index (χ0n) is 18.1. The molecule has 30 heavy (non-hydrogen) atoms. The van der Waals surface area contributed by atoms with Gasteiger partial charge in [-0.3, -0.25) is 9.80 Å². The summed E-state index contributed by atoms with van der Waals surface area (Å²) in [6.45, 7) is 4.77. The number of hydrogen-bond donors (Lipinski definition) is 1. The molecule has 2 aliphatic rings. The van der Waals surface area contributed by atoms with Crippen LogP contribution < -0.4 is 0 Å². The smallest absolute Gasteiger partial charge is 0.0586 e. The van der Waals surface area contributed by atoms with E-state index >= 15 is 0 Å². The third kappa shape index (κ3) is 7.49. The lowest BCUT2D eigenvalue weighted by Crippen LogP contribution is -2.41. The molecule has 2 aromatic rings. The minimum Gasteiger partial charge on any atom is -0.395 e. The maximum atomic E-state index is 9.30. The number of benzene rings is 2. The summed E-state index contributed by atoms with van der Waals surface area (Å²) in [6.07, 6.45) is 7.76. The first-order chi connectivity index (χ1) is 14.8. The van der Waals surface area contributed by atoms with Gasteiger partial charge in [-0.2, -0.15) is 0 Å². The first-order valence-electron chi connectivity index (χ1n) is 11.5. The number of rotatable bonds is 6. The first kappa shape index (κ1) is 23.5. The number of alkyl halides is 1. The van der Waals surface area contributed by atoms with Crippen molar-refractivity contribution in [1.29, 1.82) is 0 Å². The Bertz CT molecular complexity index is 635. The Morgan fingerprint density at radius 3 is 1.63 bits per heavy atom. The lowest BCUT2D eigenvalue weighted by molar-refractivity contribution is 0.0841. The molecule has 0 aliphatic carbocycles. The molecule has 3 nitrogen and oxygen atoms in total. The average molecular weight is 473 g/mol. The fourth-order valence-electron chi connectivity index (χ4n) is 4.55. The van der Waals surface area contributed by atoms with Gasteiger partial charge in [0.25, 0.3) is 0 Å². The third-order valence-corrected chi connectivity index (χ3v) is 7.09. The van der Waals surface area contributed by atoms with Crippen molar-refractivity contribution < 1.29 is 5.11 Å². The fraction of sp³-hybridized carbons (Fsp3) is 0.538. The summed E-state index contributed by atoms with van der Waals surface area (Å²) < 4.78 is 0. The van der Waals surface area contributed by atoms with Crippen LogP contribution in [-0.4, -0.2) is 52.0 Å². The molecule has 0 bridgehead atoms. The van der Waals surface area contributed by atoms with E-state index in [2.05, 4.69) is 80.3 Å². The summed E-state index contributed by atoms with van der Waals surface area (Å²) in [4.78, 5) is 5.01. The van der Waals surface area contributed by atoms with E-state index in [0.29, 0.717) is 12.6 Å². The van der Waals surface area contributed by atoms with Gasteiger partial charge in [0.1, 0.15) is 0 Å². The van der Waals surface area contributed by atoms with E-state index in [1.807, 2.05) is 6.07 Å². The topological polar surface area (TPSA) is 26.7 Å². The molecule has 2 fully saturated rings. The summed E-state index contributed by atoms with van der Waals surface area (Å²) in [5.41, 5.74) is 2.78. The van der Waals surface area contributed by atoms with Gasteiger partial charge in [0.2, 0.25) is 0 Å². The normalized spacial score (nSPS) is 22.9. The van der Waals surface area contributed by atoms with Crippen LogP contribution in [0, 0.1) is 0 Å². The Hall–Kier alpha value is -1.20. The molecule has 0 amide bonds. The van der Waals surface area contributed by atoms with Gasteiger partial charge in [-0.25, -0.2) is 0 Å². The van der Waals surface area contributed by atoms with Crippen LogP contribution >= 0.6 is 15.9 Å².